The first-order valence-electron chi connectivity index (χ1n) is 8.12. The van der Waals surface area contributed by atoms with Crippen LogP contribution in [-0.2, 0) is 11.3 Å². The van der Waals surface area contributed by atoms with Gasteiger partial charge in [0.05, 0.1) is 6.61 Å². The molecule has 6 heteroatoms. The normalized spacial score (nSPS) is 24.0. The Morgan fingerprint density at radius 2 is 2.27 bits per heavy atom. The Morgan fingerprint density at radius 1 is 1.41 bits per heavy atom. The molecule has 0 bridgehead atoms. The molecule has 2 aliphatic rings. The van der Waals surface area contributed by atoms with E-state index in [0.717, 1.165) is 57.8 Å². The molecule has 0 radical (unpaired) electrons. The first kappa shape index (κ1) is 15.8. The predicted molar refractivity (Wildman–Crippen MR) is 91.5 cm³/mol. The van der Waals surface area contributed by atoms with E-state index < -0.39 is 0 Å². The van der Waals surface area contributed by atoms with Crippen molar-refractivity contribution in [3.05, 3.63) is 22.4 Å². The van der Waals surface area contributed by atoms with Crippen molar-refractivity contribution in [2.75, 3.05) is 53.0 Å². The highest BCUT2D eigenvalue weighted by molar-refractivity contribution is 7.07. The monoisotopic (exact) mass is 322 g/mol. The zero-order chi connectivity index (χ0) is 15.2. The first-order valence-corrected chi connectivity index (χ1v) is 9.06. The van der Waals surface area contributed by atoms with Crippen LogP contribution in [0.5, 0.6) is 0 Å². The molecule has 122 valence electrons. The quantitative estimate of drug-likeness (QED) is 0.673. The van der Waals surface area contributed by atoms with Crippen LogP contribution in [0.25, 0.3) is 0 Å². The summed E-state index contributed by atoms with van der Waals surface area (Å²) < 4.78 is 5.48. The van der Waals surface area contributed by atoms with Crippen molar-refractivity contribution in [2.45, 2.75) is 13.0 Å². The molecule has 2 saturated heterocycles. The lowest BCUT2D eigenvalue weighted by Crippen LogP contribution is -2.53. The SMILES string of the molecule is CN=C(NCc1ccsc1)N1CCN(CC2CCOC2)CC1. The molecule has 0 aliphatic carbocycles. The van der Waals surface area contributed by atoms with Crippen molar-refractivity contribution in [3.8, 4) is 0 Å². The number of hydrogen-bond acceptors (Lipinski definition) is 4. The molecule has 1 atom stereocenters. The highest BCUT2D eigenvalue weighted by Gasteiger charge is 2.23. The van der Waals surface area contributed by atoms with Crippen molar-refractivity contribution in [1.82, 2.24) is 15.1 Å². The Hall–Kier alpha value is -1.11. The van der Waals surface area contributed by atoms with E-state index >= 15 is 0 Å². The van der Waals surface area contributed by atoms with Crippen molar-refractivity contribution in [1.29, 1.82) is 0 Å². The number of nitrogens with one attached hydrogen (secondary N) is 1. The van der Waals surface area contributed by atoms with Crippen LogP contribution in [0.1, 0.15) is 12.0 Å². The van der Waals surface area contributed by atoms with Crippen molar-refractivity contribution < 1.29 is 4.74 Å². The van der Waals surface area contributed by atoms with Gasteiger partial charge in [-0.05, 0) is 34.7 Å². The minimum atomic E-state index is 0.738. The van der Waals surface area contributed by atoms with Gasteiger partial charge in [-0.15, -0.1) is 0 Å². The molecule has 5 nitrogen and oxygen atoms in total. The van der Waals surface area contributed by atoms with E-state index in [9.17, 15) is 0 Å². The summed E-state index contributed by atoms with van der Waals surface area (Å²) in [6.45, 7) is 8.29. The highest BCUT2D eigenvalue weighted by Crippen LogP contribution is 2.15. The Bertz CT molecular complexity index is 463. The molecular formula is C16H26N4OS. The number of rotatable bonds is 4. The maximum atomic E-state index is 5.48. The van der Waals surface area contributed by atoms with Gasteiger partial charge in [0.2, 0.25) is 0 Å². The van der Waals surface area contributed by atoms with Crippen molar-refractivity contribution in [2.24, 2.45) is 10.9 Å². The summed E-state index contributed by atoms with van der Waals surface area (Å²) in [5.74, 6) is 1.76. The van der Waals surface area contributed by atoms with E-state index in [4.69, 9.17) is 4.74 Å². The minimum Gasteiger partial charge on any atom is -0.381 e. The van der Waals surface area contributed by atoms with Gasteiger partial charge >= 0.3 is 0 Å². The van der Waals surface area contributed by atoms with E-state index in [1.165, 1.54) is 18.5 Å². The summed E-state index contributed by atoms with van der Waals surface area (Å²) in [5.41, 5.74) is 1.33. The molecule has 0 saturated carbocycles. The Balaban J connectivity index is 1.42. The van der Waals surface area contributed by atoms with Crippen molar-refractivity contribution >= 4 is 17.3 Å². The van der Waals surface area contributed by atoms with Crippen LogP contribution >= 0.6 is 11.3 Å². The van der Waals surface area contributed by atoms with Gasteiger partial charge in [-0.3, -0.25) is 9.89 Å². The summed E-state index contributed by atoms with van der Waals surface area (Å²) in [6.07, 6.45) is 1.23. The molecule has 2 aliphatic heterocycles. The van der Waals surface area contributed by atoms with E-state index in [0.29, 0.717) is 0 Å². The smallest absolute Gasteiger partial charge is 0.194 e. The summed E-state index contributed by atoms with van der Waals surface area (Å²) in [5, 5.41) is 7.77. The lowest BCUT2D eigenvalue weighted by atomic mass is 10.1. The van der Waals surface area contributed by atoms with E-state index in [2.05, 4.69) is 36.9 Å². The van der Waals surface area contributed by atoms with Crippen LogP contribution in [0.3, 0.4) is 0 Å². The third kappa shape index (κ3) is 4.21. The number of nitrogens with zero attached hydrogens (tertiary/aromatic N) is 3. The number of thiophene rings is 1. The average molecular weight is 322 g/mol. The number of guanidine groups is 1. The van der Waals surface area contributed by atoms with Crippen LogP contribution in [-0.4, -0.2) is 68.7 Å². The van der Waals surface area contributed by atoms with E-state index in [1.54, 1.807) is 11.3 Å². The topological polar surface area (TPSA) is 40.1 Å². The van der Waals surface area contributed by atoms with Gasteiger partial charge in [0.1, 0.15) is 0 Å². The third-order valence-electron chi connectivity index (χ3n) is 4.45. The fourth-order valence-electron chi connectivity index (χ4n) is 3.14. The zero-order valence-electron chi connectivity index (χ0n) is 13.3. The van der Waals surface area contributed by atoms with Crippen LogP contribution < -0.4 is 5.32 Å². The van der Waals surface area contributed by atoms with E-state index in [-0.39, 0.29) is 0 Å². The lowest BCUT2D eigenvalue weighted by Gasteiger charge is -2.37. The maximum Gasteiger partial charge on any atom is 0.194 e. The molecule has 1 aromatic heterocycles. The lowest BCUT2D eigenvalue weighted by molar-refractivity contribution is 0.139. The van der Waals surface area contributed by atoms with Crippen LogP contribution in [0, 0.1) is 5.92 Å². The second-order valence-corrected chi connectivity index (χ2v) is 6.83. The Morgan fingerprint density at radius 3 is 2.91 bits per heavy atom. The maximum absolute atomic E-state index is 5.48. The minimum absolute atomic E-state index is 0.738. The van der Waals surface area contributed by atoms with Gasteiger partial charge in [-0.25, -0.2) is 0 Å². The summed E-state index contributed by atoms with van der Waals surface area (Å²) in [6, 6.07) is 2.16. The van der Waals surface area contributed by atoms with Gasteiger partial charge in [-0.1, -0.05) is 0 Å². The molecule has 2 fully saturated rings. The summed E-state index contributed by atoms with van der Waals surface area (Å²) in [4.78, 5) is 9.38. The van der Waals surface area contributed by atoms with Gasteiger partial charge < -0.3 is 15.0 Å². The fourth-order valence-corrected chi connectivity index (χ4v) is 3.81. The number of ether oxygens (including phenoxy) is 1. The second kappa shape index (κ2) is 7.94. The summed E-state index contributed by atoms with van der Waals surface area (Å²) >= 11 is 1.74. The Labute approximate surface area is 137 Å². The first-order chi connectivity index (χ1) is 10.8. The van der Waals surface area contributed by atoms with Crippen molar-refractivity contribution in [3.63, 3.8) is 0 Å². The average Bonchev–Trinajstić information content (AvgIpc) is 3.23. The second-order valence-electron chi connectivity index (χ2n) is 6.05. The molecule has 0 amide bonds. The largest absolute Gasteiger partial charge is 0.381 e. The number of aliphatic imine (C=N–C) groups is 1. The van der Waals surface area contributed by atoms with Gasteiger partial charge in [0.25, 0.3) is 0 Å². The molecular weight excluding hydrogens is 296 g/mol. The zero-order valence-corrected chi connectivity index (χ0v) is 14.1. The molecule has 1 aromatic rings. The highest BCUT2D eigenvalue weighted by atomic mass is 32.1. The third-order valence-corrected chi connectivity index (χ3v) is 5.19. The number of hydrogen-bond donors (Lipinski definition) is 1. The molecule has 22 heavy (non-hydrogen) atoms. The number of piperazine rings is 1. The molecule has 3 heterocycles. The molecule has 1 N–H and O–H groups in total. The van der Waals surface area contributed by atoms with Gasteiger partial charge in [0.15, 0.2) is 5.96 Å². The van der Waals surface area contributed by atoms with Crippen LogP contribution in [0.15, 0.2) is 21.8 Å². The predicted octanol–water partition coefficient (Wildman–Crippen LogP) is 1.48. The standard InChI is InChI=1S/C16H26N4OS/c1-17-16(18-10-14-3-9-22-13-14)20-6-4-19(5-7-20)11-15-2-8-21-12-15/h3,9,13,15H,2,4-8,10-12H2,1H3,(H,17,18). The Kier molecular flexibility index (Phi) is 5.70. The van der Waals surface area contributed by atoms with Crippen LogP contribution in [0.4, 0.5) is 0 Å². The summed E-state index contributed by atoms with van der Waals surface area (Å²) in [7, 11) is 1.87. The fraction of sp³-hybridized carbons (Fsp3) is 0.688. The molecule has 3 rings (SSSR count). The van der Waals surface area contributed by atoms with E-state index in [1.807, 2.05) is 7.05 Å². The van der Waals surface area contributed by atoms with Crippen LogP contribution in [0.2, 0.25) is 0 Å². The molecule has 1 unspecified atom stereocenters. The molecule has 0 aromatic carbocycles. The van der Waals surface area contributed by atoms with Gasteiger partial charge in [0, 0.05) is 52.9 Å². The van der Waals surface area contributed by atoms with Gasteiger partial charge in [-0.2, -0.15) is 11.3 Å². The molecule has 0 spiro atoms.